The summed E-state index contributed by atoms with van der Waals surface area (Å²) in [6, 6.07) is 7.81. The van der Waals surface area contributed by atoms with Crippen LogP contribution in [0.3, 0.4) is 0 Å². The van der Waals surface area contributed by atoms with Gasteiger partial charge in [0.15, 0.2) is 0 Å². The van der Waals surface area contributed by atoms with Crippen LogP contribution in [0.15, 0.2) is 22.7 Å². The molecule has 3 atom stereocenters. The highest BCUT2D eigenvalue weighted by molar-refractivity contribution is 9.10. The van der Waals surface area contributed by atoms with E-state index in [4.69, 9.17) is 10.00 Å². The molecule has 0 N–H and O–H groups in total. The Morgan fingerprint density at radius 2 is 2.10 bits per heavy atom. The van der Waals surface area contributed by atoms with E-state index in [0.29, 0.717) is 11.0 Å². The number of halogens is 1. The molecule has 3 rings (SSSR count). The predicted octanol–water partition coefficient (Wildman–Crippen LogP) is 4.91. The molecule has 0 amide bonds. The average molecular weight is 334 g/mol. The SMILES string of the molecule is CC1(C)C2CCC1(C)C(Oc1ccc(C#N)c(Br)c1)C2. The monoisotopic (exact) mass is 333 g/mol. The smallest absolute Gasteiger partial charge is 0.120 e. The third-order valence-electron chi connectivity index (χ3n) is 6.05. The van der Waals surface area contributed by atoms with Gasteiger partial charge in [-0.05, 0) is 64.7 Å². The molecule has 2 nitrogen and oxygen atoms in total. The largest absolute Gasteiger partial charge is 0.490 e. The second-order valence-electron chi connectivity index (χ2n) is 6.97. The molecule has 0 aliphatic heterocycles. The van der Waals surface area contributed by atoms with Crippen LogP contribution in [0.4, 0.5) is 0 Å². The summed E-state index contributed by atoms with van der Waals surface area (Å²) < 4.78 is 7.10. The molecule has 2 bridgehead atoms. The third-order valence-corrected chi connectivity index (χ3v) is 6.71. The number of nitriles is 1. The van der Waals surface area contributed by atoms with Gasteiger partial charge in [0.25, 0.3) is 0 Å². The van der Waals surface area contributed by atoms with E-state index in [9.17, 15) is 0 Å². The lowest BCUT2D eigenvalue weighted by Gasteiger charge is -2.38. The molecule has 2 aliphatic carbocycles. The Morgan fingerprint density at radius 1 is 1.35 bits per heavy atom. The van der Waals surface area contributed by atoms with Crippen LogP contribution in [0.25, 0.3) is 0 Å². The van der Waals surface area contributed by atoms with Crippen molar-refractivity contribution >= 4 is 15.9 Å². The molecule has 106 valence electrons. The number of hydrogen-bond donors (Lipinski definition) is 0. The highest BCUT2D eigenvalue weighted by Crippen LogP contribution is 2.66. The fourth-order valence-electron chi connectivity index (χ4n) is 4.13. The van der Waals surface area contributed by atoms with Crippen LogP contribution in [0.2, 0.25) is 0 Å². The molecule has 3 unspecified atom stereocenters. The highest BCUT2D eigenvalue weighted by atomic mass is 79.9. The highest BCUT2D eigenvalue weighted by Gasteiger charge is 2.62. The number of nitrogens with zero attached hydrogens (tertiary/aromatic N) is 1. The summed E-state index contributed by atoms with van der Waals surface area (Å²) in [6.07, 6.45) is 4.03. The minimum atomic E-state index is 0.262. The number of hydrogen-bond acceptors (Lipinski definition) is 2. The third kappa shape index (κ3) is 1.81. The van der Waals surface area contributed by atoms with Gasteiger partial charge in [-0.25, -0.2) is 0 Å². The van der Waals surface area contributed by atoms with Crippen LogP contribution >= 0.6 is 15.9 Å². The Balaban J connectivity index is 1.84. The molecule has 2 fully saturated rings. The van der Waals surface area contributed by atoms with Gasteiger partial charge in [-0.3, -0.25) is 0 Å². The first-order valence-electron chi connectivity index (χ1n) is 7.25. The maximum atomic E-state index is 8.97. The zero-order valence-corrected chi connectivity index (χ0v) is 13.8. The van der Waals surface area contributed by atoms with Gasteiger partial charge < -0.3 is 4.74 Å². The van der Waals surface area contributed by atoms with Crippen molar-refractivity contribution in [3.8, 4) is 11.8 Å². The van der Waals surface area contributed by atoms with Gasteiger partial charge in [0.1, 0.15) is 17.9 Å². The first-order valence-corrected chi connectivity index (χ1v) is 8.04. The van der Waals surface area contributed by atoms with Crippen molar-refractivity contribution in [2.45, 2.75) is 46.1 Å². The van der Waals surface area contributed by atoms with Crippen LogP contribution < -0.4 is 4.74 Å². The van der Waals surface area contributed by atoms with Crippen molar-refractivity contribution in [2.24, 2.45) is 16.7 Å². The van der Waals surface area contributed by atoms with Crippen molar-refractivity contribution in [1.29, 1.82) is 5.26 Å². The first kappa shape index (κ1) is 13.9. The number of benzene rings is 1. The summed E-state index contributed by atoms with van der Waals surface area (Å²) in [6.45, 7) is 7.16. The molecule has 0 aromatic heterocycles. The molecule has 1 aromatic carbocycles. The van der Waals surface area contributed by atoms with Crippen molar-refractivity contribution in [1.82, 2.24) is 0 Å². The van der Waals surface area contributed by atoms with Crippen LogP contribution in [-0.2, 0) is 0 Å². The zero-order valence-electron chi connectivity index (χ0n) is 12.2. The first-order chi connectivity index (χ1) is 9.38. The van der Waals surface area contributed by atoms with E-state index in [-0.39, 0.29) is 11.5 Å². The van der Waals surface area contributed by atoms with Crippen molar-refractivity contribution in [3.63, 3.8) is 0 Å². The lowest BCUT2D eigenvalue weighted by Crippen LogP contribution is -2.38. The van der Waals surface area contributed by atoms with E-state index in [1.165, 1.54) is 12.8 Å². The van der Waals surface area contributed by atoms with Crippen LogP contribution in [0, 0.1) is 28.1 Å². The summed E-state index contributed by atoms with van der Waals surface area (Å²) in [4.78, 5) is 0. The Kier molecular flexibility index (Phi) is 3.14. The number of fused-ring (bicyclic) bond motifs is 2. The molecule has 2 aliphatic rings. The molecule has 0 heterocycles. The van der Waals surface area contributed by atoms with Crippen molar-refractivity contribution < 1.29 is 4.74 Å². The van der Waals surface area contributed by atoms with Gasteiger partial charge in [-0.1, -0.05) is 20.8 Å². The van der Waals surface area contributed by atoms with E-state index in [0.717, 1.165) is 22.6 Å². The topological polar surface area (TPSA) is 33.0 Å². The molecular weight excluding hydrogens is 314 g/mol. The second-order valence-corrected chi connectivity index (χ2v) is 7.82. The molecule has 2 saturated carbocycles. The molecule has 0 saturated heterocycles. The average Bonchev–Trinajstić information content (AvgIpc) is 2.72. The zero-order chi connectivity index (χ0) is 14.5. The number of ether oxygens (including phenoxy) is 1. The van der Waals surface area contributed by atoms with Gasteiger partial charge in [0.05, 0.1) is 5.56 Å². The van der Waals surface area contributed by atoms with E-state index in [1.54, 1.807) is 0 Å². The number of rotatable bonds is 2. The van der Waals surface area contributed by atoms with Crippen LogP contribution in [-0.4, -0.2) is 6.10 Å². The molecule has 0 radical (unpaired) electrons. The van der Waals surface area contributed by atoms with E-state index in [2.05, 4.69) is 42.8 Å². The second kappa shape index (κ2) is 4.49. The van der Waals surface area contributed by atoms with Gasteiger partial charge in [-0.15, -0.1) is 0 Å². The summed E-state index contributed by atoms with van der Waals surface area (Å²) in [5.74, 6) is 1.64. The summed E-state index contributed by atoms with van der Waals surface area (Å²) >= 11 is 3.43. The molecule has 1 aromatic rings. The maximum Gasteiger partial charge on any atom is 0.120 e. The quantitative estimate of drug-likeness (QED) is 0.769. The van der Waals surface area contributed by atoms with Gasteiger partial charge in [0.2, 0.25) is 0 Å². The Morgan fingerprint density at radius 3 is 2.60 bits per heavy atom. The van der Waals surface area contributed by atoms with E-state index >= 15 is 0 Å². The fourth-order valence-corrected chi connectivity index (χ4v) is 4.58. The maximum absolute atomic E-state index is 8.97. The van der Waals surface area contributed by atoms with Crippen LogP contribution in [0.1, 0.15) is 45.6 Å². The van der Waals surface area contributed by atoms with Crippen molar-refractivity contribution in [3.05, 3.63) is 28.2 Å². The molecule has 0 spiro atoms. The Bertz CT molecular complexity index is 589. The Hall–Kier alpha value is -1.01. The van der Waals surface area contributed by atoms with Crippen molar-refractivity contribution in [2.75, 3.05) is 0 Å². The van der Waals surface area contributed by atoms with Gasteiger partial charge >= 0.3 is 0 Å². The van der Waals surface area contributed by atoms with E-state index < -0.39 is 0 Å². The minimum absolute atomic E-state index is 0.262. The molecular formula is C17H20BrNO. The molecule has 20 heavy (non-hydrogen) atoms. The lowest BCUT2D eigenvalue weighted by atomic mass is 9.70. The Labute approximate surface area is 129 Å². The van der Waals surface area contributed by atoms with E-state index in [1.807, 2.05) is 18.2 Å². The summed E-state index contributed by atoms with van der Waals surface area (Å²) in [5, 5.41) is 8.97. The fraction of sp³-hybridized carbons (Fsp3) is 0.588. The summed E-state index contributed by atoms with van der Waals surface area (Å²) in [5.41, 5.74) is 1.27. The summed E-state index contributed by atoms with van der Waals surface area (Å²) in [7, 11) is 0. The lowest BCUT2D eigenvalue weighted by molar-refractivity contribution is 0.0301. The van der Waals surface area contributed by atoms with Gasteiger partial charge in [0, 0.05) is 9.89 Å². The molecule has 3 heteroatoms. The predicted molar refractivity (Wildman–Crippen MR) is 82.5 cm³/mol. The minimum Gasteiger partial charge on any atom is -0.490 e. The van der Waals surface area contributed by atoms with Crippen LogP contribution in [0.5, 0.6) is 5.75 Å². The van der Waals surface area contributed by atoms with Gasteiger partial charge in [-0.2, -0.15) is 5.26 Å². The standard InChI is InChI=1S/C17H20BrNO/c1-16(2)12-6-7-17(16,3)15(8-12)20-13-5-4-11(10-19)14(18)9-13/h4-5,9,12,15H,6-8H2,1-3H3. The normalized spacial score (nSPS) is 34.0.